The van der Waals surface area contributed by atoms with Crippen molar-refractivity contribution < 1.29 is 9.45 Å². The van der Waals surface area contributed by atoms with Crippen molar-refractivity contribution in [2.45, 2.75) is 20.0 Å². The van der Waals surface area contributed by atoms with Gasteiger partial charge in [0.15, 0.2) is 5.82 Å². The predicted molar refractivity (Wildman–Crippen MR) is 70.4 cm³/mol. The van der Waals surface area contributed by atoms with Gasteiger partial charge in [0.05, 0.1) is 15.9 Å². The van der Waals surface area contributed by atoms with Crippen LogP contribution < -0.4 is 5.32 Å². The number of aromatic nitrogens is 2. The van der Waals surface area contributed by atoms with Gasteiger partial charge in [0.25, 0.3) is 5.69 Å². The molecule has 0 bridgehead atoms. The van der Waals surface area contributed by atoms with Gasteiger partial charge in [-0.2, -0.15) is 4.98 Å². The van der Waals surface area contributed by atoms with Crippen molar-refractivity contribution in [3.05, 3.63) is 50.1 Å². The van der Waals surface area contributed by atoms with Gasteiger partial charge >= 0.3 is 0 Å². The summed E-state index contributed by atoms with van der Waals surface area (Å²) in [5.41, 5.74) is 0.846. The maximum atomic E-state index is 10.8. The number of nitro benzene ring substituents is 1. The van der Waals surface area contributed by atoms with Crippen LogP contribution in [0.2, 0.25) is 0 Å². The van der Waals surface area contributed by atoms with E-state index >= 15 is 0 Å². The maximum absolute atomic E-state index is 10.8. The van der Waals surface area contributed by atoms with Crippen LogP contribution in [0.3, 0.4) is 0 Å². The quantitative estimate of drug-likeness (QED) is 0.669. The highest BCUT2D eigenvalue weighted by Gasteiger charge is 2.14. The van der Waals surface area contributed by atoms with Gasteiger partial charge in [0.2, 0.25) is 5.89 Å². The molecule has 1 aromatic heterocycles. The normalized spacial score (nSPS) is 10.6. The van der Waals surface area contributed by atoms with Crippen LogP contribution in [0.5, 0.6) is 0 Å². The fourth-order valence-corrected chi connectivity index (χ4v) is 2.11. The summed E-state index contributed by atoms with van der Waals surface area (Å²) in [5.74, 6) is 1.06. The topological polar surface area (TPSA) is 94.1 Å². The first-order valence-corrected chi connectivity index (χ1v) is 6.29. The Hall–Kier alpha value is -1.80. The van der Waals surface area contributed by atoms with Gasteiger partial charge in [-0.05, 0) is 28.4 Å². The van der Waals surface area contributed by atoms with Crippen molar-refractivity contribution in [2.24, 2.45) is 0 Å². The van der Waals surface area contributed by atoms with E-state index < -0.39 is 4.92 Å². The van der Waals surface area contributed by atoms with Gasteiger partial charge in [-0.15, -0.1) is 0 Å². The lowest BCUT2D eigenvalue weighted by Crippen LogP contribution is -2.13. The van der Waals surface area contributed by atoms with Crippen molar-refractivity contribution in [3.8, 4) is 0 Å². The zero-order valence-corrected chi connectivity index (χ0v) is 11.7. The van der Waals surface area contributed by atoms with Gasteiger partial charge in [0, 0.05) is 12.6 Å². The van der Waals surface area contributed by atoms with Crippen molar-refractivity contribution in [1.82, 2.24) is 15.5 Å². The monoisotopic (exact) mass is 326 g/mol. The zero-order chi connectivity index (χ0) is 13.8. The summed E-state index contributed by atoms with van der Waals surface area (Å²) in [6, 6.07) is 4.91. The Kier molecular flexibility index (Phi) is 4.23. The molecule has 0 atom stereocenters. The second-order valence-corrected chi connectivity index (χ2v) is 4.64. The molecule has 0 saturated heterocycles. The van der Waals surface area contributed by atoms with Gasteiger partial charge < -0.3 is 9.84 Å². The van der Waals surface area contributed by atoms with Crippen molar-refractivity contribution in [3.63, 3.8) is 0 Å². The lowest BCUT2D eigenvalue weighted by molar-refractivity contribution is -0.385. The summed E-state index contributed by atoms with van der Waals surface area (Å²) in [4.78, 5) is 14.4. The number of nitro groups is 1. The number of benzene rings is 1. The smallest absolute Gasteiger partial charge is 0.283 e. The minimum absolute atomic E-state index is 0.0490. The van der Waals surface area contributed by atoms with Gasteiger partial charge in [0.1, 0.15) is 0 Å². The molecule has 0 saturated carbocycles. The minimum atomic E-state index is -0.422. The number of hydrogen-bond donors (Lipinski definition) is 1. The van der Waals surface area contributed by atoms with E-state index in [1.54, 1.807) is 13.0 Å². The standard InChI is InChI=1S/C11H11BrN4O3/c1-7-14-10(19-15-7)6-13-5-8-3-2-4-9(11(8)12)16(17)18/h2-4,13H,5-6H2,1H3. The first-order valence-electron chi connectivity index (χ1n) is 5.49. The largest absolute Gasteiger partial charge is 0.338 e. The lowest BCUT2D eigenvalue weighted by atomic mass is 10.2. The second kappa shape index (κ2) is 5.89. The Labute approximate surface area is 117 Å². The van der Waals surface area contributed by atoms with Crippen LogP contribution in [-0.2, 0) is 13.1 Å². The summed E-state index contributed by atoms with van der Waals surface area (Å²) >= 11 is 3.24. The Morgan fingerprint density at radius 2 is 2.26 bits per heavy atom. The Morgan fingerprint density at radius 3 is 2.89 bits per heavy atom. The van der Waals surface area contributed by atoms with Gasteiger partial charge in [-0.3, -0.25) is 10.1 Å². The van der Waals surface area contributed by atoms with Crippen molar-refractivity contribution >= 4 is 21.6 Å². The summed E-state index contributed by atoms with van der Waals surface area (Å²) in [6.45, 7) is 2.61. The van der Waals surface area contributed by atoms with Gasteiger partial charge in [-0.25, -0.2) is 0 Å². The van der Waals surface area contributed by atoms with E-state index in [2.05, 4.69) is 31.4 Å². The van der Waals surface area contributed by atoms with E-state index in [9.17, 15) is 10.1 Å². The van der Waals surface area contributed by atoms with E-state index in [0.717, 1.165) is 5.56 Å². The molecule has 0 aliphatic carbocycles. The molecule has 2 rings (SSSR count). The highest BCUT2D eigenvalue weighted by Crippen LogP contribution is 2.28. The molecule has 19 heavy (non-hydrogen) atoms. The predicted octanol–water partition coefficient (Wildman–Crippen LogP) is 2.34. The Balaban J connectivity index is 2.00. The van der Waals surface area contributed by atoms with E-state index in [1.165, 1.54) is 6.07 Å². The van der Waals surface area contributed by atoms with E-state index in [-0.39, 0.29) is 5.69 Å². The van der Waals surface area contributed by atoms with Crippen LogP contribution in [0.15, 0.2) is 27.2 Å². The third-order valence-electron chi connectivity index (χ3n) is 2.42. The first kappa shape index (κ1) is 13.6. The average Bonchev–Trinajstić information content (AvgIpc) is 2.77. The second-order valence-electron chi connectivity index (χ2n) is 3.85. The minimum Gasteiger partial charge on any atom is -0.338 e. The molecule has 2 aromatic rings. The number of halogens is 1. The number of nitrogens with zero attached hydrogens (tertiary/aromatic N) is 3. The number of rotatable bonds is 5. The highest BCUT2D eigenvalue weighted by molar-refractivity contribution is 9.10. The number of hydrogen-bond acceptors (Lipinski definition) is 6. The van der Waals surface area contributed by atoms with Crippen LogP contribution in [-0.4, -0.2) is 15.1 Å². The van der Waals surface area contributed by atoms with Crippen LogP contribution in [0.1, 0.15) is 17.3 Å². The SMILES string of the molecule is Cc1noc(CNCc2cccc([N+](=O)[O-])c2Br)n1. The molecule has 0 unspecified atom stereocenters. The molecular formula is C11H11BrN4O3. The summed E-state index contributed by atoms with van der Waals surface area (Å²) in [7, 11) is 0. The molecule has 0 aliphatic rings. The molecule has 0 spiro atoms. The van der Waals surface area contributed by atoms with Crippen LogP contribution >= 0.6 is 15.9 Å². The van der Waals surface area contributed by atoms with E-state index in [1.807, 2.05) is 6.07 Å². The molecule has 0 amide bonds. The third-order valence-corrected chi connectivity index (χ3v) is 3.33. The molecule has 0 fully saturated rings. The van der Waals surface area contributed by atoms with Crippen LogP contribution in [0.4, 0.5) is 5.69 Å². The molecule has 1 N–H and O–H groups in total. The molecule has 0 aliphatic heterocycles. The molecule has 7 nitrogen and oxygen atoms in total. The molecule has 8 heteroatoms. The van der Waals surface area contributed by atoms with E-state index in [4.69, 9.17) is 4.52 Å². The molecule has 1 heterocycles. The Bertz CT molecular complexity index is 599. The highest BCUT2D eigenvalue weighted by atomic mass is 79.9. The van der Waals surface area contributed by atoms with Crippen LogP contribution in [0, 0.1) is 17.0 Å². The molecule has 1 aromatic carbocycles. The number of nitrogens with one attached hydrogen (secondary N) is 1. The third kappa shape index (κ3) is 3.36. The van der Waals surface area contributed by atoms with Crippen molar-refractivity contribution in [2.75, 3.05) is 0 Å². The zero-order valence-electron chi connectivity index (χ0n) is 10.1. The number of aryl methyl sites for hydroxylation is 1. The Morgan fingerprint density at radius 1 is 1.47 bits per heavy atom. The summed E-state index contributed by atoms with van der Waals surface area (Å²) < 4.78 is 5.43. The van der Waals surface area contributed by atoms with Crippen molar-refractivity contribution in [1.29, 1.82) is 0 Å². The fraction of sp³-hybridized carbons (Fsp3) is 0.273. The summed E-state index contributed by atoms with van der Waals surface area (Å²) in [5, 5.41) is 17.6. The fourth-order valence-electron chi connectivity index (χ4n) is 1.56. The van der Waals surface area contributed by atoms with E-state index in [0.29, 0.717) is 29.3 Å². The van der Waals surface area contributed by atoms with Crippen LogP contribution in [0.25, 0.3) is 0 Å². The first-order chi connectivity index (χ1) is 9.08. The molecule has 0 radical (unpaired) electrons. The summed E-state index contributed by atoms with van der Waals surface area (Å²) in [6.07, 6.45) is 0. The average molecular weight is 327 g/mol. The molecular weight excluding hydrogens is 316 g/mol. The lowest BCUT2D eigenvalue weighted by Gasteiger charge is -2.05. The van der Waals surface area contributed by atoms with Gasteiger partial charge in [-0.1, -0.05) is 17.3 Å². The maximum Gasteiger partial charge on any atom is 0.283 e. The molecule has 100 valence electrons.